The SMILES string of the molecule is CN(C)c1cccc(Cl)c1C1(C(=O)O)CCCC1. The summed E-state index contributed by atoms with van der Waals surface area (Å²) in [6.45, 7) is 0. The van der Waals surface area contributed by atoms with E-state index in [0.29, 0.717) is 17.9 Å². The molecule has 2 rings (SSSR count). The molecule has 98 valence electrons. The Morgan fingerprint density at radius 1 is 1.33 bits per heavy atom. The molecular weight excluding hydrogens is 250 g/mol. The molecule has 1 aromatic rings. The second-order valence-electron chi connectivity index (χ2n) is 5.12. The Balaban J connectivity index is 2.64. The predicted octanol–water partition coefficient (Wildman–Crippen LogP) is 3.30. The highest BCUT2D eigenvalue weighted by atomic mass is 35.5. The van der Waals surface area contributed by atoms with Gasteiger partial charge in [0, 0.05) is 30.4 Å². The van der Waals surface area contributed by atoms with Gasteiger partial charge in [-0.15, -0.1) is 0 Å². The van der Waals surface area contributed by atoms with E-state index in [4.69, 9.17) is 11.6 Å². The molecule has 0 heterocycles. The molecule has 0 unspecified atom stereocenters. The molecule has 0 saturated heterocycles. The van der Waals surface area contributed by atoms with E-state index in [9.17, 15) is 9.90 Å². The lowest BCUT2D eigenvalue weighted by Gasteiger charge is -2.30. The van der Waals surface area contributed by atoms with Crippen LogP contribution in [0.4, 0.5) is 5.69 Å². The molecule has 0 aliphatic heterocycles. The maximum Gasteiger partial charge on any atom is 0.314 e. The van der Waals surface area contributed by atoms with Crippen molar-refractivity contribution in [1.29, 1.82) is 0 Å². The average Bonchev–Trinajstić information content (AvgIpc) is 2.78. The van der Waals surface area contributed by atoms with Crippen LogP contribution in [-0.2, 0) is 10.2 Å². The zero-order valence-corrected chi connectivity index (χ0v) is 11.5. The van der Waals surface area contributed by atoms with Gasteiger partial charge in [0.05, 0.1) is 5.41 Å². The molecule has 1 aliphatic rings. The number of halogens is 1. The summed E-state index contributed by atoms with van der Waals surface area (Å²) in [5.74, 6) is -0.754. The number of carboxylic acid groups (broad SMARTS) is 1. The van der Waals surface area contributed by atoms with E-state index in [1.165, 1.54) is 0 Å². The van der Waals surface area contributed by atoms with E-state index in [2.05, 4.69) is 0 Å². The molecule has 3 nitrogen and oxygen atoms in total. The lowest BCUT2D eigenvalue weighted by Crippen LogP contribution is -2.34. The van der Waals surface area contributed by atoms with Gasteiger partial charge in [-0.05, 0) is 25.0 Å². The summed E-state index contributed by atoms with van der Waals surface area (Å²) in [6, 6.07) is 5.59. The first-order chi connectivity index (χ1) is 8.49. The first-order valence-electron chi connectivity index (χ1n) is 6.19. The van der Waals surface area contributed by atoms with Crippen LogP contribution in [0.25, 0.3) is 0 Å². The van der Waals surface area contributed by atoms with Gasteiger partial charge in [0.2, 0.25) is 0 Å². The normalized spacial score (nSPS) is 17.7. The highest BCUT2D eigenvalue weighted by molar-refractivity contribution is 6.32. The van der Waals surface area contributed by atoms with E-state index in [1.54, 1.807) is 6.07 Å². The molecule has 0 atom stereocenters. The fourth-order valence-electron chi connectivity index (χ4n) is 2.91. The van der Waals surface area contributed by atoms with Crippen LogP contribution in [0, 0.1) is 0 Å². The molecule has 1 saturated carbocycles. The number of benzene rings is 1. The molecule has 1 aliphatic carbocycles. The van der Waals surface area contributed by atoms with Crippen molar-refractivity contribution < 1.29 is 9.90 Å². The number of carboxylic acids is 1. The first-order valence-corrected chi connectivity index (χ1v) is 6.56. The zero-order valence-electron chi connectivity index (χ0n) is 10.7. The van der Waals surface area contributed by atoms with Crippen molar-refractivity contribution in [3.05, 3.63) is 28.8 Å². The van der Waals surface area contributed by atoms with Gasteiger partial charge in [0.1, 0.15) is 0 Å². The molecule has 0 radical (unpaired) electrons. The number of aliphatic carboxylic acids is 1. The van der Waals surface area contributed by atoms with Crippen molar-refractivity contribution in [3.63, 3.8) is 0 Å². The first kappa shape index (κ1) is 13.2. The third-order valence-corrected chi connectivity index (χ3v) is 4.13. The van der Waals surface area contributed by atoms with Crippen LogP contribution in [0.5, 0.6) is 0 Å². The van der Waals surface area contributed by atoms with Crippen LogP contribution < -0.4 is 4.90 Å². The molecular formula is C14H18ClNO2. The van der Waals surface area contributed by atoms with Crippen LogP contribution >= 0.6 is 11.6 Å². The van der Waals surface area contributed by atoms with Gasteiger partial charge in [-0.1, -0.05) is 30.5 Å². The summed E-state index contributed by atoms with van der Waals surface area (Å²) in [7, 11) is 3.83. The van der Waals surface area contributed by atoms with Crippen molar-refractivity contribution in [2.75, 3.05) is 19.0 Å². The van der Waals surface area contributed by atoms with Crippen molar-refractivity contribution in [2.24, 2.45) is 0 Å². The van der Waals surface area contributed by atoms with Crippen molar-refractivity contribution in [3.8, 4) is 0 Å². The third-order valence-electron chi connectivity index (χ3n) is 3.82. The third kappa shape index (κ3) is 1.97. The van der Waals surface area contributed by atoms with Gasteiger partial charge >= 0.3 is 5.97 Å². The Labute approximate surface area is 112 Å². The van der Waals surface area contributed by atoms with Crippen LogP contribution in [0.2, 0.25) is 5.02 Å². The maximum absolute atomic E-state index is 11.8. The largest absolute Gasteiger partial charge is 0.481 e. The topological polar surface area (TPSA) is 40.5 Å². The highest BCUT2D eigenvalue weighted by Gasteiger charge is 2.45. The maximum atomic E-state index is 11.8. The summed E-state index contributed by atoms with van der Waals surface area (Å²) in [5, 5.41) is 10.2. The van der Waals surface area contributed by atoms with Gasteiger partial charge in [-0.2, -0.15) is 0 Å². The fourth-order valence-corrected chi connectivity index (χ4v) is 3.26. The van der Waals surface area contributed by atoms with Gasteiger partial charge in [0.25, 0.3) is 0 Å². The molecule has 1 N–H and O–H groups in total. The quantitative estimate of drug-likeness (QED) is 0.913. The van der Waals surface area contributed by atoms with E-state index in [1.807, 2.05) is 31.1 Å². The Hall–Kier alpha value is -1.22. The zero-order chi connectivity index (χ0) is 13.3. The van der Waals surface area contributed by atoms with Crippen LogP contribution in [-0.4, -0.2) is 25.2 Å². The van der Waals surface area contributed by atoms with Crippen molar-refractivity contribution in [2.45, 2.75) is 31.1 Å². The minimum absolute atomic E-state index is 0.561. The molecule has 18 heavy (non-hydrogen) atoms. The van der Waals surface area contributed by atoms with Gasteiger partial charge < -0.3 is 10.0 Å². The molecule has 1 aromatic carbocycles. The second-order valence-corrected chi connectivity index (χ2v) is 5.53. The molecule has 0 spiro atoms. The smallest absolute Gasteiger partial charge is 0.314 e. The van der Waals surface area contributed by atoms with E-state index in [0.717, 1.165) is 24.1 Å². The van der Waals surface area contributed by atoms with Gasteiger partial charge in [-0.3, -0.25) is 4.79 Å². The molecule has 0 amide bonds. The Morgan fingerprint density at radius 2 is 1.94 bits per heavy atom. The standard InChI is InChI=1S/C14H18ClNO2/c1-16(2)11-7-5-6-10(15)12(11)14(13(17)18)8-3-4-9-14/h5-7H,3-4,8-9H2,1-2H3,(H,17,18). The van der Waals surface area contributed by atoms with Crippen molar-refractivity contribution in [1.82, 2.24) is 0 Å². The molecule has 1 fully saturated rings. The summed E-state index contributed by atoms with van der Waals surface area (Å²) in [5.41, 5.74) is 0.881. The van der Waals surface area contributed by atoms with Crippen molar-refractivity contribution >= 4 is 23.3 Å². The lowest BCUT2D eigenvalue weighted by molar-refractivity contribution is -0.143. The summed E-state index contributed by atoms with van der Waals surface area (Å²) < 4.78 is 0. The Kier molecular flexibility index (Phi) is 3.53. The molecule has 0 aromatic heterocycles. The predicted molar refractivity (Wildman–Crippen MR) is 73.6 cm³/mol. The molecule has 0 bridgehead atoms. The van der Waals surface area contributed by atoms with E-state index < -0.39 is 11.4 Å². The minimum atomic E-state index is -0.808. The summed E-state index contributed by atoms with van der Waals surface area (Å²) in [6.07, 6.45) is 3.24. The number of nitrogens with zero attached hydrogens (tertiary/aromatic N) is 1. The summed E-state index contributed by atoms with van der Waals surface area (Å²) in [4.78, 5) is 13.7. The highest BCUT2D eigenvalue weighted by Crippen LogP contribution is 2.47. The number of hydrogen-bond donors (Lipinski definition) is 1. The van der Waals surface area contributed by atoms with Gasteiger partial charge in [-0.25, -0.2) is 0 Å². The van der Waals surface area contributed by atoms with Gasteiger partial charge in [0.15, 0.2) is 0 Å². The van der Waals surface area contributed by atoms with E-state index in [-0.39, 0.29) is 0 Å². The molecule has 4 heteroatoms. The van der Waals surface area contributed by atoms with Crippen LogP contribution in [0.1, 0.15) is 31.2 Å². The number of anilines is 1. The number of rotatable bonds is 3. The van der Waals surface area contributed by atoms with Crippen LogP contribution in [0.3, 0.4) is 0 Å². The Bertz CT molecular complexity index is 465. The minimum Gasteiger partial charge on any atom is -0.481 e. The van der Waals surface area contributed by atoms with E-state index >= 15 is 0 Å². The average molecular weight is 268 g/mol. The second kappa shape index (κ2) is 4.81. The fraction of sp³-hybridized carbons (Fsp3) is 0.500. The lowest BCUT2D eigenvalue weighted by atomic mass is 9.78. The monoisotopic (exact) mass is 267 g/mol. The number of carbonyl (C=O) groups is 1. The number of hydrogen-bond acceptors (Lipinski definition) is 2. The summed E-state index contributed by atoms with van der Waals surface area (Å²) >= 11 is 6.30. The Morgan fingerprint density at radius 3 is 2.44 bits per heavy atom. The van der Waals surface area contributed by atoms with Crippen LogP contribution in [0.15, 0.2) is 18.2 Å².